The number of pyridine rings is 1. The van der Waals surface area contributed by atoms with E-state index < -0.39 is 11.7 Å². The minimum Gasteiger partial charge on any atom is -0.320 e. The van der Waals surface area contributed by atoms with Crippen molar-refractivity contribution in [3.63, 3.8) is 0 Å². The predicted molar refractivity (Wildman–Crippen MR) is 66.2 cm³/mol. The van der Waals surface area contributed by atoms with Crippen LogP contribution in [-0.2, 0) is 0 Å². The van der Waals surface area contributed by atoms with Crippen molar-refractivity contribution in [3.05, 3.63) is 63.8 Å². The molecule has 92 valence electrons. The van der Waals surface area contributed by atoms with Crippen molar-refractivity contribution in [1.29, 1.82) is 0 Å². The van der Waals surface area contributed by atoms with Gasteiger partial charge in [-0.15, -0.1) is 0 Å². The Bertz CT molecular complexity index is 649. The van der Waals surface area contributed by atoms with Crippen molar-refractivity contribution in [2.45, 2.75) is 6.92 Å². The van der Waals surface area contributed by atoms with E-state index in [0.29, 0.717) is 11.3 Å². The lowest BCUT2D eigenvalue weighted by atomic mass is 10.2. The number of benzene rings is 1. The van der Waals surface area contributed by atoms with Gasteiger partial charge in [0.2, 0.25) is 5.56 Å². The first kappa shape index (κ1) is 12.0. The van der Waals surface area contributed by atoms with Gasteiger partial charge in [-0.05, 0) is 25.1 Å². The van der Waals surface area contributed by atoms with E-state index in [1.165, 1.54) is 30.3 Å². The number of carbonyl (C=O) groups excluding carboxylic acids is 1. The normalized spacial score (nSPS) is 10.1. The van der Waals surface area contributed by atoms with Gasteiger partial charge in [0.1, 0.15) is 11.5 Å². The van der Waals surface area contributed by atoms with Crippen LogP contribution in [0.5, 0.6) is 0 Å². The molecule has 0 aliphatic carbocycles. The number of amides is 1. The highest BCUT2D eigenvalue weighted by Crippen LogP contribution is 2.17. The summed E-state index contributed by atoms with van der Waals surface area (Å²) in [6.07, 6.45) is 0. The summed E-state index contributed by atoms with van der Waals surface area (Å²) >= 11 is 0. The third-order valence-corrected chi connectivity index (χ3v) is 2.53. The molecule has 0 spiro atoms. The van der Waals surface area contributed by atoms with Gasteiger partial charge in [-0.3, -0.25) is 9.59 Å². The molecule has 0 saturated carbocycles. The number of halogens is 1. The molecule has 18 heavy (non-hydrogen) atoms. The van der Waals surface area contributed by atoms with E-state index >= 15 is 0 Å². The molecule has 0 fully saturated rings. The highest BCUT2D eigenvalue weighted by Gasteiger charge is 2.09. The van der Waals surface area contributed by atoms with Crippen LogP contribution in [-0.4, -0.2) is 10.9 Å². The summed E-state index contributed by atoms with van der Waals surface area (Å²) in [6, 6.07) is 8.68. The Balaban J connectivity index is 2.27. The Morgan fingerprint density at radius 2 is 1.94 bits per heavy atom. The Morgan fingerprint density at radius 3 is 2.67 bits per heavy atom. The number of carbonyl (C=O) groups is 1. The van der Waals surface area contributed by atoms with E-state index in [1.54, 1.807) is 13.0 Å². The SMILES string of the molecule is Cc1c(F)cccc1NC(=O)c1cccc(=O)[nH]1. The van der Waals surface area contributed by atoms with Crippen molar-refractivity contribution in [3.8, 4) is 0 Å². The van der Waals surface area contributed by atoms with Crippen molar-refractivity contribution in [2.75, 3.05) is 5.32 Å². The van der Waals surface area contributed by atoms with Crippen LogP contribution in [0.25, 0.3) is 0 Å². The molecule has 0 atom stereocenters. The van der Waals surface area contributed by atoms with Crippen LogP contribution in [0, 0.1) is 12.7 Å². The lowest BCUT2D eigenvalue weighted by Crippen LogP contribution is -2.18. The fraction of sp³-hybridized carbons (Fsp3) is 0.0769. The highest BCUT2D eigenvalue weighted by molar-refractivity contribution is 6.03. The number of aromatic nitrogens is 1. The molecular weight excluding hydrogens is 235 g/mol. The van der Waals surface area contributed by atoms with Gasteiger partial charge in [0.25, 0.3) is 5.91 Å². The van der Waals surface area contributed by atoms with Gasteiger partial charge in [0.05, 0.1) is 0 Å². The van der Waals surface area contributed by atoms with E-state index in [0.717, 1.165) is 0 Å². The molecule has 1 aromatic carbocycles. The monoisotopic (exact) mass is 246 g/mol. The molecule has 1 amide bonds. The maximum Gasteiger partial charge on any atom is 0.272 e. The van der Waals surface area contributed by atoms with E-state index in [4.69, 9.17) is 0 Å². The second kappa shape index (κ2) is 4.83. The average Bonchev–Trinajstić information content (AvgIpc) is 2.35. The van der Waals surface area contributed by atoms with Crippen molar-refractivity contribution < 1.29 is 9.18 Å². The van der Waals surface area contributed by atoms with E-state index in [-0.39, 0.29) is 11.3 Å². The first-order chi connectivity index (χ1) is 8.58. The third kappa shape index (κ3) is 2.45. The maximum atomic E-state index is 13.3. The topological polar surface area (TPSA) is 62.0 Å². The predicted octanol–water partition coefficient (Wildman–Crippen LogP) is 2.07. The number of aromatic amines is 1. The van der Waals surface area contributed by atoms with Crippen molar-refractivity contribution in [2.24, 2.45) is 0 Å². The van der Waals surface area contributed by atoms with E-state index in [2.05, 4.69) is 10.3 Å². The van der Waals surface area contributed by atoms with Crippen LogP contribution in [0.15, 0.2) is 41.2 Å². The van der Waals surface area contributed by atoms with E-state index in [1.807, 2.05) is 0 Å². The molecule has 0 bridgehead atoms. The van der Waals surface area contributed by atoms with Gasteiger partial charge in [0.15, 0.2) is 0 Å². The minimum absolute atomic E-state index is 0.131. The smallest absolute Gasteiger partial charge is 0.272 e. The quantitative estimate of drug-likeness (QED) is 0.852. The van der Waals surface area contributed by atoms with Crippen molar-refractivity contribution in [1.82, 2.24) is 4.98 Å². The molecule has 0 saturated heterocycles. The van der Waals surface area contributed by atoms with Crippen LogP contribution in [0.3, 0.4) is 0 Å². The fourth-order valence-corrected chi connectivity index (χ4v) is 1.51. The van der Waals surface area contributed by atoms with Gasteiger partial charge in [-0.2, -0.15) is 0 Å². The van der Waals surface area contributed by atoms with Gasteiger partial charge >= 0.3 is 0 Å². The molecule has 0 unspecified atom stereocenters. The van der Waals surface area contributed by atoms with Crippen LogP contribution < -0.4 is 10.9 Å². The summed E-state index contributed by atoms with van der Waals surface area (Å²) in [5.74, 6) is -0.879. The Hall–Kier alpha value is -2.43. The molecule has 0 radical (unpaired) electrons. The van der Waals surface area contributed by atoms with Gasteiger partial charge in [0, 0.05) is 17.3 Å². The van der Waals surface area contributed by atoms with E-state index in [9.17, 15) is 14.0 Å². The van der Waals surface area contributed by atoms with Gasteiger partial charge < -0.3 is 10.3 Å². The lowest BCUT2D eigenvalue weighted by Gasteiger charge is -2.08. The molecule has 0 aliphatic heterocycles. The second-order valence-corrected chi connectivity index (χ2v) is 3.80. The largest absolute Gasteiger partial charge is 0.320 e. The van der Waals surface area contributed by atoms with Crippen LogP contribution in [0.4, 0.5) is 10.1 Å². The summed E-state index contributed by atoms with van der Waals surface area (Å²) < 4.78 is 13.3. The standard InChI is InChI=1S/C13H11FN2O2/c1-8-9(14)4-2-5-10(8)16-13(18)11-6-3-7-12(17)15-11/h2-7H,1H3,(H,15,17)(H,16,18). The molecule has 1 heterocycles. The first-order valence-electron chi connectivity index (χ1n) is 5.34. The maximum absolute atomic E-state index is 13.3. The van der Waals surface area contributed by atoms with Crippen LogP contribution in [0.1, 0.15) is 16.1 Å². The molecular formula is C13H11FN2O2. The Kier molecular flexibility index (Phi) is 3.23. The molecule has 4 nitrogen and oxygen atoms in total. The molecule has 5 heteroatoms. The zero-order valence-corrected chi connectivity index (χ0v) is 9.66. The van der Waals surface area contributed by atoms with Gasteiger partial charge in [-0.1, -0.05) is 12.1 Å². The van der Waals surface area contributed by atoms with Gasteiger partial charge in [-0.25, -0.2) is 4.39 Å². The molecule has 1 aromatic heterocycles. The number of H-pyrrole nitrogens is 1. The minimum atomic E-state index is -0.485. The molecule has 2 N–H and O–H groups in total. The summed E-state index contributed by atoms with van der Waals surface area (Å²) in [5, 5.41) is 2.55. The van der Waals surface area contributed by atoms with Crippen molar-refractivity contribution >= 4 is 11.6 Å². The fourth-order valence-electron chi connectivity index (χ4n) is 1.51. The lowest BCUT2D eigenvalue weighted by molar-refractivity contribution is 0.102. The number of hydrogen-bond donors (Lipinski definition) is 2. The average molecular weight is 246 g/mol. The summed E-state index contributed by atoms with van der Waals surface area (Å²) in [6.45, 7) is 1.57. The third-order valence-electron chi connectivity index (χ3n) is 2.53. The number of anilines is 1. The van der Waals surface area contributed by atoms with Crippen LogP contribution >= 0.6 is 0 Å². The molecule has 2 rings (SSSR count). The molecule has 0 aliphatic rings. The Labute approximate surface area is 102 Å². The van der Waals surface area contributed by atoms with Crippen LogP contribution in [0.2, 0.25) is 0 Å². The highest BCUT2D eigenvalue weighted by atomic mass is 19.1. The zero-order chi connectivity index (χ0) is 13.1. The second-order valence-electron chi connectivity index (χ2n) is 3.80. The number of rotatable bonds is 2. The molecule has 2 aromatic rings. The zero-order valence-electron chi connectivity index (χ0n) is 9.66. The number of hydrogen-bond acceptors (Lipinski definition) is 2. The first-order valence-corrected chi connectivity index (χ1v) is 5.34. The number of nitrogens with one attached hydrogen (secondary N) is 2. The Morgan fingerprint density at radius 1 is 1.22 bits per heavy atom. The summed E-state index contributed by atoms with van der Waals surface area (Å²) in [7, 11) is 0. The summed E-state index contributed by atoms with van der Waals surface area (Å²) in [4.78, 5) is 25.3. The summed E-state index contributed by atoms with van der Waals surface area (Å²) in [5.41, 5.74) is 0.499.